The molecule has 0 amide bonds. The van der Waals surface area contributed by atoms with Crippen LogP contribution in [-0.2, 0) is 16.0 Å². The molecule has 1 N–H and O–H groups in total. The van der Waals surface area contributed by atoms with Crippen LogP contribution in [0.25, 0.3) is 6.08 Å². The fourth-order valence-corrected chi connectivity index (χ4v) is 2.51. The van der Waals surface area contributed by atoms with E-state index in [9.17, 15) is 4.79 Å². The second-order valence-corrected chi connectivity index (χ2v) is 6.01. The number of carboxylic acid groups (broad SMARTS) is 1. The van der Waals surface area contributed by atoms with Gasteiger partial charge in [-0.3, -0.25) is 0 Å². The quantitative estimate of drug-likeness (QED) is 0.552. The summed E-state index contributed by atoms with van der Waals surface area (Å²) in [4.78, 5) is 11.1. The number of carboxylic acids is 1. The van der Waals surface area contributed by atoms with Gasteiger partial charge in [0.25, 0.3) is 0 Å². The van der Waals surface area contributed by atoms with Crippen LogP contribution in [0.4, 0.5) is 0 Å². The van der Waals surface area contributed by atoms with Gasteiger partial charge in [0.15, 0.2) is 6.10 Å². The van der Waals surface area contributed by atoms with Crippen molar-refractivity contribution in [3.05, 3.63) is 78.4 Å². The molecule has 1 unspecified atom stereocenters. The van der Waals surface area contributed by atoms with Crippen LogP contribution in [0, 0.1) is 0 Å². The highest BCUT2D eigenvalue weighted by Gasteiger charge is 2.17. The van der Waals surface area contributed by atoms with Gasteiger partial charge in [0.1, 0.15) is 24.7 Å². The van der Waals surface area contributed by atoms with Gasteiger partial charge in [0.2, 0.25) is 0 Å². The van der Waals surface area contributed by atoms with Crippen molar-refractivity contribution in [2.24, 2.45) is 0 Å². The van der Waals surface area contributed by atoms with E-state index in [4.69, 9.17) is 19.3 Å². The van der Waals surface area contributed by atoms with E-state index in [0.717, 1.165) is 22.6 Å². The Bertz CT molecular complexity index is 763. The Morgan fingerprint density at radius 1 is 1.04 bits per heavy atom. The van der Waals surface area contributed by atoms with Gasteiger partial charge in [-0.2, -0.15) is 0 Å². The van der Waals surface area contributed by atoms with E-state index in [-0.39, 0.29) is 0 Å². The molecule has 2 rings (SSSR count). The molecule has 0 heterocycles. The second kappa shape index (κ2) is 11.6. The van der Waals surface area contributed by atoms with Crippen LogP contribution >= 0.6 is 0 Å². The summed E-state index contributed by atoms with van der Waals surface area (Å²) in [6, 6.07) is 15.2. The fraction of sp³-hybridized carbons (Fsp3) is 0.261. The maximum atomic E-state index is 11.1. The summed E-state index contributed by atoms with van der Waals surface area (Å²) in [6.07, 6.45) is 5.12. The Morgan fingerprint density at radius 3 is 2.21 bits per heavy atom. The summed E-state index contributed by atoms with van der Waals surface area (Å²) in [5, 5.41) is 9.14. The molecule has 0 fully saturated rings. The summed E-state index contributed by atoms with van der Waals surface area (Å²) in [6.45, 7) is 6.70. The molecule has 0 spiro atoms. The zero-order chi connectivity index (χ0) is 20.2. The maximum Gasteiger partial charge on any atom is 0.333 e. The predicted molar refractivity (Wildman–Crippen MR) is 110 cm³/mol. The van der Waals surface area contributed by atoms with Crippen LogP contribution < -0.4 is 9.47 Å². The lowest BCUT2D eigenvalue weighted by molar-refractivity contribution is -0.149. The van der Waals surface area contributed by atoms with Gasteiger partial charge >= 0.3 is 5.97 Å². The van der Waals surface area contributed by atoms with Crippen molar-refractivity contribution in [2.45, 2.75) is 19.4 Å². The number of benzene rings is 2. The average molecular weight is 382 g/mol. The van der Waals surface area contributed by atoms with Crippen molar-refractivity contribution in [3.63, 3.8) is 0 Å². The largest absolute Gasteiger partial charge is 0.490 e. The number of carbonyl (C=O) groups is 1. The molecule has 0 radical (unpaired) electrons. The van der Waals surface area contributed by atoms with E-state index in [1.807, 2.05) is 60.7 Å². The molecule has 2 aromatic carbocycles. The first-order valence-electron chi connectivity index (χ1n) is 9.18. The van der Waals surface area contributed by atoms with E-state index >= 15 is 0 Å². The molecule has 0 bridgehead atoms. The predicted octanol–water partition coefficient (Wildman–Crippen LogP) is 4.38. The van der Waals surface area contributed by atoms with Crippen molar-refractivity contribution in [1.29, 1.82) is 0 Å². The summed E-state index contributed by atoms with van der Waals surface area (Å²) in [5.74, 6) is 0.584. The molecule has 0 saturated heterocycles. The van der Waals surface area contributed by atoms with Crippen LogP contribution in [-0.4, -0.2) is 37.0 Å². The van der Waals surface area contributed by atoms with E-state index in [2.05, 4.69) is 6.58 Å². The smallest absolute Gasteiger partial charge is 0.333 e. The van der Waals surface area contributed by atoms with Gasteiger partial charge in [-0.15, -0.1) is 0 Å². The van der Waals surface area contributed by atoms with Crippen LogP contribution in [0.1, 0.15) is 18.1 Å². The van der Waals surface area contributed by atoms with Crippen molar-refractivity contribution in [1.82, 2.24) is 0 Å². The lowest BCUT2D eigenvalue weighted by atomic mass is 10.1. The number of hydrogen-bond acceptors (Lipinski definition) is 4. The SMILES string of the molecule is C=CCOc1ccc(C=CCOc2ccc(CC(OCC)C(=O)O)cc2)cc1. The molecule has 0 aliphatic heterocycles. The molecule has 0 aliphatic carbocycles. The molecule has 0 aromatic heterocycles. The molecule has 1 atom stereocenters. The standard InChI is InChI=1S/C23H26O5/c1-3-15-27-20-11-7-18(8-12-20)6-5-16-28-21-13-9-19(10-14-21)17-22(23(24)25)26-4-2/h3,5-14,22H,1,4,15-17H2,2H3,(H,24,25). The van der Waals surface area contributed by atoms with Crippen LogP contribution in [0.5, 0.6) is 11.5 Å². The lowest BCUT2D eigenvalue weighted by Crippen LogP contribution is -2.26. The Labute approximate surface area is 165 Å². The van der Waals surface area contributed by atoms with E-state index in [0.29, 0.717) is 26.2 Å². The van der Waals surface area contributed by atoms with E-state index in [1.165, 1.54) is 0 Å². The van der Waals surface area contributed by atoms with Crippen molar-refractivity contribution < 1.29 is 24.1 Å². The van der Waals surface area contributed by atoms with Crippen molar-refractivity contribution in [3.8, 4) is 11.5 Å². The topological polar surface area (TPSA) is 65.0 Å². The lowest BCUT2D eigenvalue weighted by Gasteiger charge is -2.12. The van der Waals surface area contributed by atoms with Crippen LogP contribution in [0.15, 0.2) is 67.3 Å². The average Bonchev–Trinajstić information content (AvgIpc) is 2.71. The van der Waals surface area contributed by atoms with Gasteiger partial charge in [-0.05, 0) is 48.4 Å². The third-order valence-corrected chi connectivity index (χ3v) is 3.89. The van der Waals surface area contributed by atoms with Crippen LogP contribution in [0.3, 0.4) is 0 Å². The Kier molecular flexibility index (Phi) is 8.82. The van der Waals surface area contributed by atoms with E-state index in [1.54, 1.807) is 13.0 Å². The molecule has 148 valence electrons. The number of hydrogen-bond donors (Lipinski definition) is 1. The molecular weight excluding hydrogens is 356 g/mol. The van der Waals surface area contributed by atoms with Crippen LogP contribution in [0.2, 0.25) is 0 Å². The molecular formula is C23H26O5. The minimum absolute atomic E-state index is 0.329. The summed E-state index contributed by atoms with van der Waals surface area (Å²) >= 11 is 0. The third-order valence-electron chi connectivity index (χ3n) is 3.89. The van der Waals surface area contributed by atoms with Crippen molar-refractivity contribution >= 4 is 12.0 Å². The normalized spacial score (nSPS) is 11.9. The Balaban J connectivity index is 1.80. The molecule has 5 heteroatoms. The summed E-state index contributed by atoms with van der Waals surface area (Å²) in [7, 11) is 0. The maximum absolute atomic E-state index is 11.1. The molecule has 0 aliphatic rings. The first-order valence-corrected chi connectivity index (χ1v) is 9.18. The summed E-state index contributed by atoms with van der Waals surface area (Å²) < 4.78 is 16.4. The van der Waals surface area contributed by atoms with Gasteiger partial charge in [0, 0.05) is 13.0 Å². The first kappa shape index (κ1) is 21.3. The van der Waals surface area contributed by atoms with Crippen molar-refractivity contribution in [2.75, 3.05) is 19.8 Å². The van der Waals surface area contributed by atoms with Gasteiger partial charge in [0.05, 0.1) is 0 Å². The molecule has 2 aromatic rings. The third kappa shape index (κ3) is 7.29. The molecule has 28 heavy (non-hydrogen) atoms. The monoisotopic (exact) mass is 382 g/mol. The molecule has 0 saturated carbocycles. The van der Waals surface area contributed by atoms with Gasteiger partial charge in [-0.1, -0.05) is 43.0 Å². The second-order valence-electron chi connectivity index (χ2n) is 6.01. The highest BCUT2D eigenvalue weighted by Crippen LogP contribution is 2.16. The summed E-state index contributed by atoms with van der Waals surface area (Å²) in [5.41, 5.74) is 1.95. The number of aliphatic carboxylic acids is 1. The minimum atomic E-state index is -0.951. The zero-order valence-electron chi connectivity index (χ0n) is 16.0. The Morgan fingerprint density at radius 2 is 1.64 bits per heavy atom. The zero-order valence-corrected chi connectivity index (χ0v) is 16.0. The number of rotatable bonds is 12. The molecule has 5 nitrogen and oxygen atoms in total. The highest BCUT2D eigenvalue weighted by atomic mass is 16.5. The van der Waals surface area contributed by atoms with Gasteiger partial charge in [-0.25, -0.2) is 4.79 Å². The fourth-order valence-electron chi connectivity index (χ4n) is 2.51. The minimum Gasteiger partial charge on any atom is -0.490 e. The first-order chi connectivity index (χ1) is 13.6. The Hall–Kier alpha value is -3.05. The number of ether oxygens (including phenoxy) is 3. The van der Waals surface area contributed by atoms with Gasteiger partial charge < -0.3 is 19.3 Å². The van der Waals surface area contributed by atoms with E-state index < -0.39 is 12.1 Å². The highest BCUT2D eigenvalue weighted by molar-refractivity contribution is 5.72.